The number of nitrogens with zero attached hydrogens (tertiary/aromatic N) is 2. The molecule has 1 aromatic rings. The van der Waals surface area contributed by atoms with Crippen LogP contribution in [0.3, 0.4) is 0 Å². The van der Waals surface area contributed by atoms with Gasteiger partial charge in [0.05, 0.1) is 11.6 Å². The number of aromatic nitrogens is 2. The van der Waals surface area contributed by atoms with Crippen LogP contribution in [0.5, 0.6) is 0 Å². The van der Waals surface area contributed by atoms with Gasteiger partial charge in [0.2, 0.25) is 0 Å². The smallest absolute Gasteiger partial charge is 0.256 e. The summed E-state index contributed by atoms with van der Waals surface area (Å²) in [7, 11) is 1.74. The predicted octanol–water partition coefficient (Wildman–Crippen LogP) is 1.72. The van der Waals surface area contributed by atoms with Crippen LogP contribution in [0.1, 0.15) is 50.7 Å². The van der Waals surface area contributed by atoms with Crippen LogP contribution in [0.25, 0.3) is 0 Å². The number of carbonyl (C=O) groups is 2. The number of ketones is 1. The molecule has 0 aliphatic heterocycles. The number of aldehydes is 1. The van der Waals surface area contributed by atoms with Crippen molar-refractivity contribution < 1.29 is 9.59 Å². The van der Waals surface area contributed by atoms with Crippen molar-refractivity contribution in [2.75, 3.05) is 0 Å². The number of Topliss-reactive ketones (excluding diaryl/α,β-unsaturated/α-hetero) is 1. The van der Waals surface area contributed by atoms with Crippen molar-refractivity contribution in [1.29, 1.82) is 0 Å². The largest absolute Gasteiger partial charge is 0.303 e. The summed E-state index contributed by atoms with van der Waals surface area (Å²) in [5, 5.41) is 0. The molecule has 0 spiro atoms. The maximum absolute atomic E-state index is 12.7. The normalized spacial score (nSPS) is 32.1. The van der Waals surface area contributed by atoms with Gasteiger partial charge in [-0.3, -0.25) is 14.2 Å². The zero-order valence-corrected chi connectivity index (χ0v) is 14.5. The monoisotopic (exact) mass is 316 g/mol. The van der Waals surface area contributed by atoms with Gasteiger partial charge in [-0.15, -0.1) is 0 Å². The van der Waals surface area contributed by atoms with Crippen molar-refractivity contribution in [2.45, 2.75) is 52.4 Å². The van der Waals surface area contributed by atoms with Crippen molar-refractivity contribution in [1.82, 2.24) is 9.55 Å². The summed E-state index contributed by atoms with van der Waals surface area (Å²) in [5.74, 6) is 0.195. The summed E-state index contributed by atoms with van der Waals surface area (Å²) < 4.78 is 1.58. The molecule has 3 rings (SSSR count). The van der Waals surface area contributed by atoms with Gasteiger partial charge in [-0.2, -0.15) is 0 Å². The van der Waals surface area contributed by atoms with E-state index in [4.69, 9.17) is 4.98 Å². The van der Waals surface area contributed by atoms with E-state index in [9.17, 15) is 14.4 Å². The molecule has 1 fully saturated rings. The fourth-order valence-corrected chi connectivity index (χ4v) is 4.93. The second-order valence-electron chi connectivity index (χ2n) is 7.89. The van der Waals surface area contributed by atoms with Crippen LogP contribution in [0, 0.1) is 24.2 Å². The lowest BCUT2D eigenvalue weighted by molar-refractivity contribution is -0.145. The molecule has 0 saturated heterocycles. The molecule has 0 amide bonds. The SMILES string of the molecule is Cc1nc2c(c(=O)n1C)CC[C@H]1C(C)(C)C(=O)C(C=O)C[C@]21C. The summed E-state index contributed by atoms with van der Waals surface area (Å²) in [4.78, 5) is 41.5. The van der Waals surface area contributed by atoms with E-state index in [0.717, 1.165) is 24.0 Å². The zero-order chi connectivity index (χ0) is 17.2. The third kappa shape index (κ3) is 1.98. The lowest BCUT2D eigenvalue weighted by atomic mass is 9.49. The Bertz CT molecular complexity index is 762. The molecule has 1 aromatic heterocycles. The molecule has 124 valence electrons. The number of carbonyl (C=O) groups excluding carboxylic acids is 2. The predicted molar refractivity (Wildman–Crippen MR) is 86.3 cm³/mol. The summed E-state index contributed by atoms with van der Waals surface area (Å²) in [6.45, 7) is 7.77. The van der Waals surface area contributed by atoms with Crippen molar-refractivity contribution >= 4 is 12.1 Å². The average Bonchev–Trinajstić information content (AvgIpc) is 2.49. The van der Waals surface area contributed by atoms with Crippen molar-refractivity contribution in [2.24, 2.45) is 24.3 Å². The van der Waals surface area contributed by atoms with E-state index in [1.807, 2.05) is 20.8 Å². The van der Waals surface area contributed by atoms with Crippen LogP contribution in [-0.2, 0) is 28.5 Å². The van der Waals surface area contributed by atoms with Gasteiger partial charge in [0, 0.05) is 23.4 Å². The first-order chi connectivity index (χ1) is 10.6. The highest BCUT2D eigenvalue weighted by Gasteiger charge is 2.58. The second kappa shape index (κ2) is 4.86. The van der Waals surface area contributed by atoms with Crippen LogP contribution in [0.2, 0.25) is 0 Å². The van der Waals surface area contributed by atoms with Gasteiger partial charge >= 0.3 is 0 Å². The topological polar surface area (TPSA) is 69.0 Å². The molecule has 1 unspecified atom stereocenters. The minimum Gasteiger partial charge on any atom is -0.303 e. The molecule has 23 heavy (non-hydrogen) atoms. The molecule has 3 atom stereocenters. The van der Waals surface area contributed by atoms with Crippen LogP contribution in [0.15, 0.2) is 4.79 Å². The zero-order valence-electron chi connectivity index (χ0n) is 14.5. The molecule has 1 heterocycles. The van der Waals surface area contributed by atoms with E-state index in [-0.39, 0.29) is 17.3 Å². The van der Waals surface area contributed by atoms with E-state index in [1.54, 1.807) is 11.6 Å². The molecule has 5 heteroatoms. The lowest BCUT2D eigenvalue weighted by Gasteiger charge is -2.53. The fourth-order valence-electron chi connectivity index (χ4n) is 4.93. The second-order valence-corrected chi connectivity index (χ2v) is 7.89. The van der Waals surface area contributed by atoms with E-state index < -0.39 is 16.7 Å². The van der Waals surface area contributed by atoms with Crippen molar-refractivity contribution in [3.05, 3.63) is 27.4 Å². The third-order valence-corrected chi connectivity index (χ3v) is 6.25. The highest BCUT2D eigenvalue weighted by Crippen LogP contribution is 2.55. The van der Waals surface area contributed by atoms with Gasteiger partial charge in [-0.25, -0.2) is 4.98 Å². The molecule has 2 aliphatic carbocycles. The van der Waals surface area contributed by atoms with E-state index >= 15 is 0 Å². The third-order valence-electron chi connectivity index (χ3n) is 6.25. The fraction of sp³-hybridized carbons (Fsp3) is 0.667. The summed E-state index contributed by atoms with van der Waals surface area (Å²) in [6.07, 6.45) is 2.66. The van der Waals surface area contributed by atoms with Crippen LogP contribution < -0.4 is 5.56 Å². The van der Waals surface area contributed by atoms with Gasteiger partial charge in [-0.1, -0.05) is 20.8 Å². The number of aryl methyl sites for hydroxylation is 1. The molecule has 2 aliphatic rings. The Morgan fingerprint density at radius 1 is 1.26 bits per heavy atom. The Hall–Kier alpha value is -1.78. The highest BCUT2D eigenvalue weighted by atomic mass is 16.1. The van der Waals surface area contributed by atoms with E-state index in [2.05, 4.69) is 6.92 Å². The molecule has 0 bridgehead atoms. The van der Waals surface area contributed by atoms with Gasteiger partial charge in [0.25, 0.3) is 5.56 Å². The Balaban J connectivity index is 2.26. The summed E-state index contributed by atoms with van der Waals surface area (Å²) >= 11 is 0. The minimum atomic E-state index is -0.608. The van der Waals surface area contributed by atoms with Gasteiger partial charge in [0.15, 0.2) is 0 Å². The van der Waals surface area contributed by atoms with Gasteiger partial charge in [-0.05, 0) is 32.1 Å². The molecule has 5 nitrogen and oxygen atoms in total. The Labute approximate surface area is 136 Å². The van der Waals surface area contributed by atoms with E-state index in [0.29, 0.717) is 18.7 Å². The first-order valence-corrected chi connectivity index (χ1v) is 8.21. The number of hydrogen-bond acceptors (Lipinski definition) is 4. The Morgan fingerprint density at radius 3 is 2.52 bits per heavy atom. The Kier molecular flexibility index (Phi) is 3.40. The first-order valence-electron chi connectivity index (χ1n) is 8.21. The number of rotatable bonds is 1. The molecule has 0 N–H and O–H groups in total. The summed E-state index contributed by atoms with van der Waals surface area (Å²) in [6, 6.07) is 0. The first kappa shape index (κ1) is 16.1. The lowest BCUT2D eigenvalue weighted by Crippen LogP contribution is -2.57. The van der Waals surface area contributed by atoms with Crippen LogP contribution in [0.4, 0.5) is 0 Å². The van der Waals surface area contributed by atoms with Gasteiger partial charge in [0.1, 0.15) is 17.9 Å². The van der Waals surface area contributed by atoms with E-state index in [1.165, 1.54) is 0 Å². The Morgan fingerprint density at radius 2 is 1.91 bits per heavy atom. The van der Waals surface area contributed by atoms with Crippen LogP contribution >= 0.6 is 0 Å². The van der Waals surface area contributed by atoms with Crippen molar-refractivity contribution in [3.8, 4) is 0 Å². The quantitative estimate of drug-likeness (QED) is 0.584. The minimum absolute atomic E-state index is 0.00420. The molecule has 0 radical (unpaired) electrons. The number of fused-ring (bicyclic) bond motifs is 3. The molecular weight excluding hydrogens is 292 g/mol. The standard InChI is InChI=1S/C18H24N2O3/c1-10-19-14-12(16(23)20(10)5)6-7-13-17(2,3)15(22)11(9-21)8-18(13,14)4/h9,11,13H,6-8H2,1-5H3/t11?,13-,18-/m0/s1. The van der Waals surface area contributed by atoms with Gasteiger partial charge < -0.3 is 4.79 Å². The molecular formula is C18H24N2O3. The van der Waals surface area contributed by atoms with Crippen LogP contribution in [-0.4, -0.2) is 21.6 Å². The average molecular weight is 316 g/mol. The summed E-state index contributed by atoms with van der Waals surface area (Å²) in [5.41, 5.74) is 0.583. The maximum atomic E-state index is 12.7. The van der Waals surface area contributed by atoms with Crippen molar-refractivity contribution in [3.63, 3.8) is 0 Å². The molecule has 0 aromatic carbocycles. The highest BCUT2D eigenvalue weighted by molar-refractivity contribution is 5.98. The molecule has 1 saturated carbocycles. The maximum Gasteiger partial charge on any atom is 0.256 e. The number of hydrogen-bond donors (Lipinski definition) is 0.